The van der Waals surface area contributed by atoms with Gasteiger partial charge in [-0.25, -0.2) is 4.98 Å². The van der Waals surface area contributed by atoms with Crippen molar-refractivity contribution in [3.05, 3.63) is 23.8 Å². The third-order valence-electron chi connectivity index (χ3n) is 2.47. The van der Waals surface area contributed by atoms with Crippen LogP contribution in [0.1, 0.15) is 30.0 Å². The molecule has 0 fully saturated rings. The first-order valence-corrected chi connectivity index (χ1v) is 4.82. The van der Waals surface area contributed by atoms with E-state index in [1.807, 2.05) is 0 Å². The van der Waals surface area contributed by atoms with Gasteiger partial charge in [0.1, 0.15) is 11.1 Å². The van der Waals surface area contributed by atoms with Crippen molar-refractivity contribution in [3.8, 4) is 0 Å². The van der Waals surface area contributed by atoms with E-state index in [0.717, 1.165) is 26.2 Å². The maximum atomic E-state index is 12.7. The van der Waals surface area contributed by atoms with Crippen molar-refractivity contribution in [2.24, 2.45) is 0 Å². The summed E-state index contributed by atoms with van der Waals surface area (Å²) in [6.07, 6.45) is -2.72. The number of halogens is 3. The van der Waals surface area contributed by atoms with Gasteiger partial charge in [-0.2, -0.15) is 13.2 Å². The summed E-state index contributed by atoms with van der Waals surface area (Å²) >= 11 is 0. The maximum absolute atomic E-state index is 12.7. The molecule has 3 nitrogen and oxygen atoms in total. The van der Waals surface area contributed by atoms with Gasteiger partial charge >= 0.3 is 6.18 Å². The number of alkyl halides is 3. The molecule has 0 bridgehead atoms. The van der Waals surface area contributed by atoms with E-state index in [4.69, 9.17) is 7.85 Å². The molecule has 0 aliphatic carbocycles. The minimum absolute atomic E-state index is 0.0331. The van der Waals surface area contributed by atoms with E-state index in [-0.39, 0.29) is 17.7 Å². The first-order chi connectivity index (χ1) is 7.70. The number of rotatable bonds is 3. The van der Waals surface area contributed by atoms with Crippen LogP contribution in [0.4, 0.5) is 13.2 Å². The van der Waals surface area contributed by atoms with Crippen LogP contribution in [0.25, 0.3) is 0 Å². The molecule has 7 heteroatoms. The molecule has 17 heavy (non-hydrogen) atoms. The fraction of sp³-hybridized carbons (Fsp3) is 0.500. The van der Waals surface area contributed by atoms with E-state index in [9.17, 15) is 18.0 Å². The van der Waals surface area contributed by atoms with Gasteiger partial charge in [-0.1, -0.05) is 0 Å². The van der Waals surface area contributed by atoms with Crippen LogP contribution < -0.4 is 0 Å². The summed E-state index contributed by atoms with van der Waals surface area (Å²) in [6.45, 7) is 2.00. The highest BCUT2D eigenvalue weighted by molar-refractivity contribution is 6.23. The number of ketones is 1. The van der Waals surface area contributed by atoms with Gasteiger partial charge in [0.15, 0.2) is 5.78 Å². The van der Waals surface area contributed by atoms with Crippen LogP contribution in [0.3, 0.4) is 0 Å². The normalized spacial score (nSPS) is 12.5. The van der Waals surface area contributed by atoms with Crippen molar-refractivity contribution in [2.75, 3.05) is 0 Å². The molecule has 0 saturated carbocycles. The van der Waals surface area contributed by atoms with Crippen molar-refractivity contribution in [1.82, 2.24) is 9.97 Å². The highest BCUT2D eigenvalue weighted by Gasteiger charge is 2.49. The maximum Gasteiger partial charge on any atom is 0.399 e. The lowest BCUT2D eigenvalue weighted by molar-refractivity contribution is -0.181. The average molecular weight is 242 g/mol. The Morgan fingerprint density at radius 1 is 1.29 bits per heavy atom. The van der Waals surface area contributed by atoms with E-state index in [0.29, 0.717) is 0 Å². The van der Waals surface area contributed by atoms with Crippen LogP contribution in [-0.2, 0) is 5.41 Å². The summed E-state index contributed by atoms with van der Waals surface area (Å²) in [5.41, 5.74) is -2.38. The second kappa shape index (κ2) is 4.47. The Balaban J connectivity index is 3.07. The van der Waals surface area contributed by atoms with Crippen LogP contribution in [0.2, 0.25) is 6.32 Å². The Morgan fingerprint density at radius 3 is 2.24 bits per heavy atom. The molecule has 0 saturated heterocycles. The van der Waals surface area contributed by atoms with Gasteiger partial charge in [0.2, 0.25) is 0 Å². The third-order valence-corrected chi connectivity index (χ3v) is 2.47. The van der Waals surface area contributed by atoms with Crippen LogP contribution in [0.15, 0.2) is 12.4 Å². The molecule has 0 unspecified atom stereocenters. The summed E-state index contributed by atoms with van der Waals surface area (Å²) in [5, 5.41) is 0. The molecular formula is C10H10BF3N2O. The quantitative estimate of drug-likeness (QED) is 0.602. The van der Waals surface area contributed by atoms with Gasteiger partial charge in [-0.05, 0) is 20.2 Å². The summed E-state index contributed by atoms with van der Waals surface area (Å²) in [7, 11) is 5.10. The van der Waals surface area contributed by atoms with Crippen LogP contribution >= 0.6 is 0 Å². The number of hydrogen-bond donors (Lipinski definition) is 0. The Kier molecular flexibility index (Phi) is 3.59. The standard InChI is InChI=1S/C10H10BF3N2O/c1-9(2,10(12,13)14)8-5-15-6(4-16-8)7(17)3-11/h4-5H,3H2,1-2H3. The van der Waals surface area contributed by atoms with Crippen molar-refractivity contribution in [2.45, 2.75) is 31.8 Å². The molecular weight excluding hydrogens is 232 g/mol. The molecule has 0 amide bonds. The second-order valence-corrected chi connectivity index (χ2v) is 4.04. The number of hydrogen-bond acceptors (Lipinski definition) is 3. The third kappa shape index (κ3) is 2.65. The Bertz CT molecular complexity index is 415. The lowest BCUT2D eigenvalue weighted by Gasteiger charge is -2.26. The van der Waals surface area contributed by atoms with Crippen LogP contribution in [0, 0.1) is 0 Å². The Hall–Kier alpha value is -1.40. The summed E-state index contributed by atoms with van der Waals surface area (Å²) < 4.78 is 38.1. The molecule has 1 aromatic rings. The van der Waals surface area contributed by atoms with Gasteiger partial charge in [0, 0.05) is 0 Å². The van der Waals surface area contributed by atoms with Crippen LogP contribution in [-0.4, -0.2) is 29.8 Å². The molecule has 0 atom stereocenters. The molecule has 1 heterocycles. The van der Waals surface area contributed by atoms with Gasteiger partial charge < -0.3 is 0 Å². The molecule has 1 rings (SSSR count). The van der Waals surface area contributed by atoms with Crippen molar-refractivity contribution >= 4 is 13.6 Å². The molecule has 0 aromatic carbocycles. The Labute approximate surface area is 97.9 Å². The molecule has 2 radical (unpaired) electrons. The van der Waals surface area contributed by atoms with Gasteiger partial charge in [0.05, 0.1) is 25.9 Å². The average Bonchev–Trinajstić information content (AvgIpc) is 2.26. The number of aromatic nitrogens is 2. The minimum Gasteiger partial charge on any atom is -0.293 e. The number of Topliss-reactive ketones (excluding diaryl/α,β-unsaturated/α-hetero) is 1. The number of nitrogens with zero attached hydrogens (tertiary/aromatic N) is 2. The van der Waals surface area contributed by atoms with E-state index < -0.39 is 17.4 Å². The fourth-order valence-corrected chi connectivity index (χ4v) is 1.04. The molecule has 0 aliphatic heterocycles. The molecule has 90 valence electrons. The first-order valence-electron chi connectivity index (χ1n) is 4.82. The van der Waals surface area contributed by atoms with Crippen molar-refractivity contribution in [3.63, 3.8) is 0 Å². The van der Waals surface area contributed by atoms with E-state index in [1.165, 1.54) is 0 Å². The molecule has 0 spiro atoms. The van der Waals surface area contributed by atoms with E-state index in [2.05, 4.69) is 9.97 Å². The fourth-order valence-electron chi connectivity index (χ4n) is 1.04. The zero-order chi connectivity index (χ0) is 13.3. The highest BCUT2D eigenvalue weighted by atomic mass is 19.4. The first kappa shape index (κ1) is 13.7. The summed E-state index contributed by atoms with van der Waals surface area (Å²) in [5.74, 6) is -0.464. The second-order valence-electron chi connectivity index (χ2n) is 4.04. The monoisotopic (exact) mass is 242 g/mol. The lowest BCUT2D eigenvalue weighted by atomic mass is 9.89. The van der Waals surface area contributed by atoms with E-state index >= 15 is 0 Å². The zero-order valence-corrected chi connectivity index (χ0v) is 9.38. The lowest BCUT2D eigenvalue weighted by Crippen LogP contribution is -2.37. The number of carbonyl (C=O) groups excluding carboxylic acids is 1. The van der Waals surface area contributed by atoms with Gasteiger partial charge in [0.25, 0.3) is 0 Å². The largest absolute Gasteiger partial charge is 0.399 e. The van der Waals surface area contributed by atoms with E-state index in [1.54, 1.807) is 0 Å². The minimum atomic E-state index is -4.43. The Morgan fingerprint density at radius 2 is 1.88 bits per heavy atom. The topological polar surface area (TPSA) is 42.9 Å². The predicted octanol–water partition coefficient (Wildman–Crippen LogP) is 2.09. The van der Waals surface area contributed by atoms with Crippen molar-refractivity contribution in [1.29, 1.82) is 0 Å². The SMILES string of the molecule is [B]CC(=O)c1cnc(C(C)(C)C(F)(F)F)cn1. The summed E-state index contributed by atoms with van der Waals surface area (Å²) in [6, 6.07) is 0. The van der Waals surface area contributed by atoms with Gasteiger partial charge in [-0.3, -0.25) is 9.78 Å². The molecule has 0 aliphatic rings. The predicted molar refractivity (Wildman–Crippen MR) is 56.0 cm³/mol. The van der Waals surface area contributed by atoms with Crippen LogP contribution in [0.5, 0.6) is 0 Å². The zero-order valence-electron chi connectivity index (χ0n) is 9.38. The smallest absolute Gasteiger partial charge is 0.293 e. The van der Waals surface area contributed by atoms with Crippen molar-refractivity contribution < 1.29 is 18.0 Å². The molecule has 1 aromatic heterocycles. The summed E-state index contributed by atoms with van der Waals surface area (Å²) in [4.78, 5) is 18.4. The highest BCUT2D eigenvalue weighted by Crippen LogP contribution is 2.39. The number of carbonyl (C=O) groups is 1. The molecule has 0 N–H and O–H groups in total. The van der Waals surface area contributed by atoms with Gasteiger partial charge in [-0.15, -0.1) is 0 Å².